The maximum atomic E-state index is 12.7. The van der Waals surface area contributed by atoms with Gasteiger partial charge < -0.3 is 0 Å². The highest BCUT2D eigenvalue weighted by atomic mass is 32.2. The fourth-order valence-electron chi connectivity index (χ4n) is 1.37. The lowest BCUT2D eigenvalue weighted by Gasteiger charge is -2.08. The van der Waals surface area contributed by atoms with Crippen LogP contribution in [0.2, 0.25) is 0 Å². The average molecular weight is 318 g/mol. The van der Waals surface area contributed by atoms with E-state index in [9.17, 15) is 18.0 Å². The molecule has 0 unspecified atom stereocenters. The number of halogens is 3. The third-order valence-electron chi connectivity index (χ3n) is 2.22. The van der Waals surface area contributed by atoms with Crippen molar-refractivity contribution in [1.29, 1.82) is 0 Å². The van der Waals surface area contributed by atoms with E-state index >= 15 is 0 Å². The molecule has 2 aromatic rings. The summed E-state index contributed by atoms with van der Waals surface area (Å²) < 4.78 is 37.3. The van der Waals surface area contributed by atoms with Crippen LogP contribution in [0.5, 0.6) is 0 Å². The number of thioether (sulfide) groups is 1. The molecule has 0 saturated carbocycles. The molecule has 3 nitrogen and oxygen atoms in total. The van der Waals surface area contributed by atoms with E-state index in [4.69, 9.17) is 0 Å². The summed E-state index contributed by atoms with van der Waals surface area (Å²) in [4.78, 5) is 12.3. The zero-order chi connectivity index (χ0) is 14.5. The first-order chi connectivity index (χ1) is 9.56. The minimum atomic E-state index is -2.58. The largest absolute Gasteiger partial charge is 0.298 e. The summed E-state index contributed by atoms with van der Waals surface area (Å²) in [5.41, 5.74) is 5.44. The molecule has 0 saturated heterocycles. The van der Waals surface area contributed by atoms with E-state index in [0.717, 1.165) is 11.3 Å². The minimum Gasteiger partial charge on any atom is -0.298 e. The van der Waals surface area contributed by atoms with Gasteiger partial charge in [0.15, 0.2) is 0 Å². The lowest BCUT2D eigenvalue weighted by atomic mass is 10.3. The lowest BCUT2D eigenvalue weighted by molar-refractivity contribution is 0.0964. The molecule has 0 aliphatic heterocycles. The van der Waals surface area contributed by atoms with Gasteiger partial charge in [-0.25, -0.2) is 4.39 Å². The van der Waals surface area contributed by atoms with Crippen LogP contribution in [-0.4, -0.2) is 11.7 Å². The van der Waals surface area contributed by atoms with Crippen LogP contribution in [0.4, 0.5) is 18.9 Å². The molecule has 0 fully saturated rings. The number of alkyl halides is 2. The molecular weight excluding hydrogens is 309 g/mol. The molecule has 8 heteroatoms. The van der Waals surface area contributed by atoms with Gasteiger partial charge in [0, 0.05) is 4.90 Å². The number of hydrogen-bond acceptors (Lipinski definition) is 4. The van der Waals surface area contributed by atoms with E-state index in [2.05, 4.69) is 10.9 Å². The summed E-state index contributed by atoms with van der Waals surface area (Å²) in [6.07, 6.45) is 0. The smallest absolute Gasteiger partial charge is 0.288 e. The zero-order valence-electron chi connectivity index (χ0n) is 9.90. The summed E-state index contributed by atoms with van der Waals surface area (Å²) in [6, 6.07) is 6.82. The number of rotatable bonds is 5. The van der Waals surface area contributed by atoms with Crippen molar-refractivity contribution in [3.63, 3.8) is 0 Å². The monoisotopic (exact) mass is 318 g/mol. The molecule has 2 rings (SSSR count). The molecule has 2 N–H and O–H groups in total. The molecule has 1 aromatic carbocycles. The van der Waals surface area contributed by atoms with Crippen LogP contribution in [0.1, 0.15) is 9.67 Å². The topological polar surface area (TPSA) is 41.1 Å². The third-order valence-corrected chi connectivity index (χ3v) is 4.03. The van der Waals surface area contributed by atoms with Crippen molar-refractivity contribution in [1.82, 2.24) is 5.43 Å². The van der Waals surface area contributed by atoms with Crippen molar-refractivity contribution < 1.29 is 18.0 Å². The number of hydrogen-bond donors (Lipinski definition) is 2. The van der Waals surface area contributed by atoms with Gasteiger partial charge in [-0.3, -0.25) is 15.6 Å². The number of carbonyl (C=O) groups is 1. The predicted octanol–water partition coefficient (Wildman–Crippen LogP) is 3.96. The normalized spacial score (nSPS) is 10.6. The Morgan fingerprint density at radius 3 is 2.55 bits per heavy atom. The first-order valence-electron chi connectivity index (χ1n) is 5.40. The Bertz CT molecular complexity index is 587. The van der Waals surface area contributed by atoms with Gasteiger partial charge in [-0.2, -0.15) is 8.78 Å². The lowest BCUT2D eigenvalue weighted by Crippen LogP contribution is -2.29. The Hall–Kier alpha value is -1.67. The Balaban J connectivity index is 1.98. The van der Waals surface area contributed by atoms with Gasteiger partial charge >= 0.3 is 0 Å². The van der Waals surface area contributed by atoms with E-state index in [-0.39, 0.29) is 9.77 Å². The highest BCUT2D eigenvalue weighted by Crippen LogP contribution is 2.31. The van der Waals surface area contributed by atoms with Crippen LogP contribution in [0.15, 0.2) is 40.6 Å². The van der Waals surface area contributed by atoms with Crippen LogP contribution >= 0.6 is 23.1 Å². The van der Waals surface area contributed by atoms with Crippen molar-refractivity contribution >= 4 is 34.7 Å². The van der Waals surface area contributed by atoms with Crippen LogP contribution in [-0.2, 0) is 0 Å². The molecule has 1 aromatic heterocycles. The highest BCUT2D eigenvalue weighted by molar-refractivity contribution is 7.99. The molecule has 106 valence electrons. The number of hydrazine groups is 1. The molecule has 0 radical (unpaired) electrons. The van der Waals surface area contributed by atoms with Gasteiger partial charge in [0.2, 0.25) is 0 Å². The van der Waals surface area contributed by atoms with Crippen molar-refractivity contribution in [2.45, 2.75) is 10.7 Å². The van der Waals surface area contributed by atoms with Crippen molar-refractivity contribution in [3.8, 4) is 0 Å². The number of nitrogens with one attached hydrogen (secondary N) is 2. The quantitative estimate of drug-likeness (QED) is 0.648. The van der Waals surface area contributed by atoms with Gasteiger partial charge in [0.25, 0.3) is 11.7 Å². The summed E-state index contributed by atoms with van der Waals surface area (Å²) in [6.45, 7) is 0. The number of thiophene rings is 1. The molecule has 1 amide bonds. The van der Waals surface area contributed by atoms with Gasteiger partial charge in [-0.15, -0.1) is 11.3 Å². The van der Waals surface area contributed by atoms with Crippen molar-refractivity contribution in [2.24, 2.45) is 0 Å². The van der Waals surface area contributed by atoms with Gasteiger partial charge in [0.1, 0.15) is 10.7 Å². The Kier molecular flexibility index (Phi) is 4.91. The van der Waals surface area contributed by atoms with E-state index < -0.39 is 17.5 Å². The fraction of sp³-hybridized carbons (Fsp3) is 0.0833. The SMILES string of the molecule is O=C(NNc1ccc(F)cc1)c1sccc1SC(F)F. The zero-order valence-corrected chi connectivity index (χ0v) is 11.5. The number of carbonyl (C=O) groups excluding carboxylic acids is 1. The molecule has 1 heterocycles. The standard InChI is InChI=1S/C12H9F3N2OS2/c13-7-1-3-8(4-2-7)16-17-11(18)10-9(5-6-19-10)20-12(14)15/h1-6,12,16H,(H,17,18). The van der Waals surface area contributed by atoms with E-state index in [1.807, 2.05) is 0 Å². The molecule has 0 aliphatic rings. The summed E-state index contributed by atoms with van der Waals surface area (Å²) in [5.74, 6) is -3.50. The first kappa shape index (κ1) is 14.7. The average Bonchev–Trinajstić information content (AvgIpc) is 2.85. The van der Waals surface area contributed by atoms with E-state index in [0.29, 0.717) is 17.4 Å². The van der Waals surface area contributed by atoms with E-state index in [1.54, 1.807) is 5.38 Å². The van der Waals surface area contributed by atoms with Crippen LogP contribution < -0.4 is 10.9 Å². The third kappa shape index (κ3) is 3.91. The fourth-order valence-corrected chi connectivity index (χ4v) is 2.97. The predicted molar refractivity (Wildman–Crippen MR) is 73.7 cm³/mol. The van der Waals surface area contributed by atoms with Crippen molar-refractivity contribution in [2.75, 3.05) is 5.43 Å². The maximum Gasteiger partial charge on any atom is 0.288 e. The van der Waals surface area contributed by atoms with Crippen molar-refractivity contribution in [3.05, 3.63) is 46.4 Å². The number of anilines is 1. The highest BCUT2D eigenvalue weighted by Gasteiger charge is 2.16. The Morgan fingerprint density at radius 2 is 1.90 bits per heavy atom. The second kappa shape index (κ2) is 6.67. The van der Waals surface area contributed by atoms with Gasteiger partial charge in [0.05, 0.1) is 5.69 Å². The second-order valence-corrected chi connectivity index (χ2v) is 5.53. The van der Waals surface area contributed by atoms with Gasteiger partial charge in [-0.1, -0.05) is 11.8 Å². The molecule has 0 atom stereocenters. The Labute approximate surface area is 121 Å². The number of benzene rings is 1. The van der Waals surface area contributed by atoms with Gasteiger partial charge in [-0.05, 0) is 35.7 Å². The van der Waals surface area contributed by atoms with Crippen LogP contribution in [0.25, 0.3) is 0 Å². The second-order valence-electron chi connectivity index (χ2n) is 3.58. The minimum absolute atomic E-state index is 0.199. The molecular formula is C12H9F3N2OS2. The maximum absolute atomic E-state index is 12.7. The van der Waals surface area contributed by atoms with Crippen LogP contribution in [0.3, 0.4) is 0 Å². The molecule has 20 heavy (non-hydrogen) atoms. The first-order valence-corrected chi connectivity index (χ1v) is 7.16. The van der Waals surface area contributed by atoms with Crippen LogP contribution in [0, 0.1) is 5.82 Å². The Morgan fingerprint density at radius 1 is 1.20 bits per heavy atom. The molecule has 0 bridgehead atoms. The number of amides is 1. The summed E-state index contributed by atoms with van der Waals surface area (Å²) in [5, 5.41) is 1.57. The molecule has 0 spiro atoms. The summed E-state index contributed by atoms with van der Waals surface area (Å²) >= 11 is 1.39. The molecule has 0 aliphatic carbocycles. The van der Waals surface area contributed by atoms with E-state index in [1.165, 1.54) is 30.3 Å². The summed E-state index contributed by atoms with van der Waals surface area (Å²) in [7, 11) is 0.